The number of carbonyl (C=O) groups is 2. The first-order valence-corrected chi connectivity index (χ1v) is 15.9. The molecule has 2 aliphatic rings. The fraction of sp³-hybridized carbons (Fsp3) is 0.471. The van der Waals surface area contributed by atoms with Gasteiger partial charge in [-0.15, -0.1) is 0 Å². The van der Waals surface area contributed by atoms with Crippen LogP contribution in [0.15, 0.2) is 45.7 Å². The Kier molecular flexibility index (Phi) is 10.1. The molecule has 0 spiro atoms. The average Bonchev–Trinajstić information content (AvgIpc) is 3.76. The summed E-state index contributed by atoms with van der Waals surface area (Å²) in [7, 11) is 0. The van der Waals surface area contributed by atoms with Crippen LogP contribution in [0.2, 0.25) is 0 Å². The number of pyridine rings is 2. The summed E-state index contributed by atoms with van der Waals surface area (Å²) >= 11 is 0. The first-order chi connectivity index (χ1) is 23.4. The largest absolute Gasteiger partial charge is 0.476 e. The van der Waals surface area contributed by atoms with Crippen LogP contribution in [0.4, 0.5) is 26.3 Å². The average molecular weight is 709 g/mol. The van der Waals surface area contributed by atoms with Crippen LogP contribution in [0.1, 0.15) is 105 Å². The van der Waals surface area contributed by atoms with E-state index in [-0.39, 0.29) is 97.8 Å². The normalized spacial score (nSPS) is 18.8. The zero-order valence-corrected chi connectivity index (χ0v) is 27.4. The summed E-state index contributed by atoms with van der Waals surface area (Å²) in [5, 5.41) is 15.8. The van der Waals surface area contributed by atoms with Crippen molar-refractivity contribution in [2.45, 2.75) is 94.8 Å². The molecule has 0 aromatic carbocycles. The van der Waals surface area contributed by atoms with E-state index in [1.165, 1.54) is 30.6 Å². The summed E-state index contributed by atoms with van der Waals surface area (Å²) in [6, 6.07) is 4.89. The van der Waals surface area contributed by atoms with E-state index in [2.05, 4.69) is 20.3 Å². The van der Waals surface area contributed by atoms with Crippen molar-refractivity contribution in [1.82, 2.24) is 20.3 Å². The number of aromatic carboxylic acids is 1. The highest BCUT2D eigenvalue weighted by Crippen LogP contribution is 2.46. The summed E-state index contributed by atoms with van der Waals surface area (Å²) in [5.41, 5.74) is -0.954. The van der Waals surface area contributed by atoms with Crippen molar-refractivity contribution in [3.63, 3.8) is 0 Å². The topological polar surface area (TPSA) is 141 Å². The molecule has 2 aliphatic carbocycles. The lowest BCUT2D eigenvalue weighted by molar-refractivity contribution is -0.0510. The predicted molar refractivity (Wildman–Crippen MR) is 164 cm³/mol. The van der Waals surface area contributed by atoms with E-state index in [1.807, 2.05) is 0 Å². The summed E-state index contributed by atoms with van der Waals surface area (Å²) in [5.74, 6) is -8.27. The third-order valence-electron chi connectivity index (χ3n) is 9.29. The van der Waals surface area contributed by atoms with Gasteiger partial charge in [-0.3, -0.25) is 9.97 Å². The maximum Gasteiger partial charge on any atom is 0.360 e. The summed E-state index contributed by atoms with van der Waals surface area (Å²) in [4.78, 5) is 30.7. The Morgan fingerprint density at radius 3 is 1.48 bits per heavy atom. The third kappa shape index (κ3) is 7.99. The minimum absolute atomic E-state index is 0.0205. The minimum atomic E-state index is -2.71. The summed E-state index contributed by atoms with van der Waals surface area (Å²) in [6.07, 6.45) is 2.21. The highest BCUT2D eigenvalue weighted by atomic mass is 19.3. The number of alkyl halides is 4. The second-order valence-electron chi connectivity index (χ2n) is 13.1. The fourth-order valence-corrected chi connectivity index (χ4v) is 6.07. The van der Waals surface area contributed by atoms with Gasteiger partial charge >= 0.3 is 11.9 Å². The third-order valence-corrected chi connectivity index (χ3v) is 9.29. The maximum absolute atomic E-state index is 14.6. The number of esters is 1. The van der Waals surface area contributed by atoms with E-state index in [9.17, 15) is 35.9 Å². The molecule has 0 atom stereocenters. The van der Waals surface area contributed by atoms with Crippen molar-refractivity contribution in [3.8, 4) is 22.6 Å². The molecule has 0 saturated heterocycles. The molecule has 0 bridgehead atoms. The number of ether oxygens (including phenoxy) is 1. The van der Waals surface area contributed by atoms with Gasteiger partial charge in [0.05, 0.1) is 18.0 Å². The van der Waals surface area contributed by atoms with Crippen LogP contribution in [0.25, 0.3) is 22.6 Å². The first kappa shape index (κ1) is 36.5. The maximum atomic E-state index is 14.6. The molecular weight excluding hydrogens is 674 g/mol. The van der Waals surface area contributed by atoms with Gasteiger partial charge in [-0.1, -0.05) is 24.2 Å². The van der Waals surface area contributed by atoms with Crippen LogP contribution < -0.4 is 0 Å². The number of rotatable bonds is 7. The standard InChI is InChI=1S/C18H19F3N2O3.C16H15F3N2O3/c1-3-25-16(24)13-9-14(26-23-13)11-8-12(19)15(22-10-11)17(2)4-6-18(20,21)7-5-17;1-15(2-4-16(18,19)5-3-15)13-10(17)6-9(8-20-13)12-7-11(14(22)23)21-24-12/h8-10H,3-7H2,1-2H3;6-8H,2-5H2,1H3,(H,22,23). The zero-order valence-electron chi connectivity index (χ0n) is 27.4. The number of halogens is 6. The van der Waals surface area contributed by atoms with Gasteiger partial charge in [0, 0.05) is 72.2 Å². The molecule has 16 heteroatoms. The predicted octanol–water partition coefficient (Wildman–Crippen LogP) is 8.56. The lowest BCUT2D eigenvalue weighted by Gasteiger charge is -2.36. The van der Waals surface area contributed by atoms with Crippen LogP contribution in [0, 0.1) is 11.6 Å². The summed E-state index contributed by atoms with van der Waals surface area (Å²) in [6.45, 7) is 5.34. The minimum Gasteiger partial charge on any atom is -0.476 e. The second kappa shape index (κ2) is 13.9. The van der Waals surface area contributed by atoms with Crippen LogP contribution in [0.3, 0.4) is 0 Å². The molecule has 2 fully saturated rings. The van der Waals surface area contributed by atoms with Crippen molar-refractivity contribution >= 4 is 11.9 Å². The molecule has 4 aromatic rings. The Hall–Kier alpha value is -4.76. The number of hydrogen-bond donors (Lipinski definition) is 1. The number of carboxylic acid groups (broad SMARTS) is 1. The van der Waals surface area contributed by atoms with E-state index >= 15 is 0 Å². The molecule has 50 heavy (non-hydrogen) atoms. The molecule has 0 aliphatic heterocycles. The highest BCUT2D eigenvalue weighted by Gasteiger charge is 2.44. The molecule has 2 saturated carbocycles. The van der Waals surface area contributed by atoms with Crippen molar-refractivity contribution < 1.29 is 54.8 Å². The van der Waals surface area contributed by atoms with Crippen molar-refractivity contribution in [3.05, 3.63) is 71.1 Å². The fourth-order valence-electron chi connectivity index (χ4n) is 6.07. The quantitative estimate of drug-likeness (QED) is 0.147. The van der Waals surface area contributed by atoms with Gasteiger partial charge in [0.2, 0.25) is 11.8 Å². The van der Waals surface area contributed by atoms with Gasteiger partial charge in [-0.05, 0) is 44.7 Å². The smallest absolute Gasteiger partial charge is 0.360 e. The van der Waals surface area contributed by atoms with Gasteiger partial charge in [-0.2, -0.15) is 0 Å². The van der Waals surface area contributed by atoms with Gasteiger partial charge in [-0.25, -0.2) is 35.9 Å². The Labute approximate surface area is 282 Å². The van der Waals surface area contributed by atoms with Gasteiger partial charge in [0.25, 0.3) is 0 Å². The molecule has 4 aromatic heterocycles. The second-order valence-corrected chi connectivity index (χ2v) is 13.1. The molecule has 6 rings (SSSR count). The van der Waals surface area contributed by atoms with Crippen LogP contribution in [-0.4, -0.2) is 55.8 Å². The van der Waals surface area contributed by atoms with E-state index in [4.69, 9.17) is 18.9 Å². The van der Waals surface area contributed by atoms with Crippen molar-refractivity contribution in [2.75, 3.05) is 6.61 Å². The van der Waals surface area contributed by atoms with E-state index in [0.29, 0.717) is 5.56 Å². The number of nitrogens with zero attached hydrogens (tertiary/aromatic N) is 4. The molecule has 10 nitrogen and oxygen atoms in total. The number of hydrogen-bond acceptors (Lipinski definition) is 9. The van der Waals surface area contributed by atoms with Crippen molar-refractivity contribution in [2.24, 2.45) is 0 Å². The number of aromatic nitrogens is 4. The molecular formula is C34H34F6N4O6. The monoisotopic (exact) mass is 708 g/mol. The zero-order chi connectivity index (χ0) is 36.5. The molecule has 4 heterocycles. The Bertz CT molecular complexity index is 1860. The lowest BCUT2D eigenvalue weighted by atomic mass is 9.71. The molecule has 0 unspecified atom stereocenters. The van der Waals surface area contributed by atoms with E-state index < -0.39 is 46.2 Å². The molecule has 1 N–H and O–H groups in total. The van der Waals surface area contributed by atoms with Gasteiger partial charge in [0.15, 0.2) is 22.9 Å². The van der Waals surface area contributed by atoms with Crippen LogP contribution >= 0.6 is 0 Å². The van der Waals surface area contributed by atoms with E-state index in [1.54, 1.807) is 20.8 Å². The lowest BCUT2D eigenvalue weighted by Crippen LogP contribution is -2.35. The van der Waals surface area contributed by atoms with E-state index in [0.717, 1.165) is 6.07 Å². The van der Waals surface area contributed by atoms with Gasteiger partial charge in [0.1, 0.15) is 11.6 Å². The highest BCUT2D eigenvalue weighted by molar-refractivity contribution is 5.88. The first-order valence-electron chi connectivity index (χ1n) is 15.9. The van der Waals surface area contributed by atoms with Crippen LogP contribution in [0.5, 0.6) is 0 Å². The van der Waals surface area contributed by atoms with Crippen molar-refractivity contribution in [1.29, 1.82) is 0 Å². The SMILES string of the molecule is CC1(c2ncc(-c3cc(C(=O)O)no3)cc2F)CCC(F)(F)CC1.CCOC(=O)c1cc(-c2cnc(C3(C)CCC(F)(F)CC3)c(F)c2)on1. The van der Waals surface area contributed by atoms with Gasteiger partial charge < -0.3 is 18.9 Å². The Balaban J connectivity index is 0.000000195. The van der Waals surface area contributed by atoms with Crippen LogP contribution in [-0.2, 0) is 15.6 Å². The number of carboxylic acids is 1. The molecule has 0 amide bonds. The molecule has 268 valence electrons. The Morgan fingerprint density at radius 2 is 1.12 bits per heavy atom. The Morgan fingerprint density at radius 1 is 0.720 bits per heavy atom. The molecule has 0 radical (unpaired) electrons. The number of carbonyl (C=O) groups excluding carboxylic acids is 1. The summed E-state index contributed by atoms with van der Waals surface area (Å²) < 4.78 is 97.3.